The Morgan fingerprint density at radius 2 is 2.00 bits per heavy atom. The number of sulfonamides is 1. The van der Waals surface area contributed by atoms with E-state index < -0.39 is 10.0 Å². The van der Waals surface area contributed by atoms with E-state index in [1.165, 1.54) is 0 Å². The molecule has 90 valence electrons. The van der Waals surface area contributed by atoms with E-state index in [0.29, 0.717) is 13.1 Å². The largest absolute Gasteiger partial charge is 0.336 e. The van der Waals surface area contributed by atoms with Gasteiger partial charge in [-0.15, -0.1) is 0 Å². The van der Waals surface area contributed by atoms with Crippen molar-refractivity contribution in [3.63, 3.8) is 0 Å². The van der Waals surface area contributed by atoms with Crippen LogP contribution in [-0.4, -0.2) is 24.5 Å². The second-order valence-electron chi connectivity index (χ2n) is 3.51. The zero-order valence-corrected chi connectivity index (χ0v) is 9.97. The van der Waals surface area contributed by atoms with E-state index in [1.807, 2.05) is 4.57 Å². The lowest BCUT2D eigenvalue weighted by Gasteiger charge is -2.06. The summed E-state index contributed by atoms with van der Waals surface area (Å²) in [6.07, 6.45) is 5.10. The highest BCUT2D eigenvalue weighted by Crippen LogP contribution is 2.06. The highest BCUT2D eigenvalue weighted by Gasteiger charge is 2.11. The maximum absolute atomic E-state index is 11.8. The van der Waals surface area contributed by atoms with Gasteiger partial charge in [-0.3, -0.25) is 0 Å². The molecular formula is C11H13N3O2S. The van der Waals surface area contributed by atoms with Gasteiger partial charge in [0.15, 0.2) is 0 Å². The van der Waals surface area contributed by atoms with Crippen LogP contribution in [0.4, 0.5) is 0 Å². The van der Waals surface area contributed by atoms with Gasteiger partial charge in [-0.2, -0.15) is 0 Å². The number of hydrogen-bond donors (Lipinski definition) is 1. The SMILES string of the molecule is O=S(=O)(NCCn1ccnc1)c1ccccc1. The number of aromatic nitrogens is 2. The summed E-state index contributed by atoms with van der Waals surface area (Å²) in [5.41, 5.74) is 0. The van der Waals surface area contributed by atoms with Gasteiger partial charge in [-0.05, 0) is 12.1 Å². The van der Waals surface area contributed by atoms with Gasteiger partial charge >= 0.3 is 0 Å². The van der Waals surface area contributed by atoms with Crippen molar-refractivity contribution in [2.75, 3.05) is 6.54 Å². The fourth-order valence-corrected chi connectivity index (χ4v) is 2.45. The Kier molecular flexibility index (Phi) is 3.55. The third kappa shape index (κ3) is 3.15. The summed E-state index contributed by atoms with van der Waals surface area (Å²) >= 11 is 0. The van der Waals surface area contributed by atoms with Crippen LogP contribution in [0.3, 0.4) is 0 Å². The zero-order valence-electron chi connectivity index (χ0n) is 9.15. The smallest absolute Gasteiger partial charge is 0.240 e. The molecule has 0 atom stereocenters. The molecule has 0 aliphatic heterocycles. The summed E-state index contributed by atoms with van der Waals surface area (Å²) in [7, 11) is -3.40. The average molecular weight is 251 g/mol. The van der Waals surface area contributed by atoms with Crippen LogP contribution in [0.5, 0.6) is 0 Å². The summed E-state index contributed by atoms with van der Waals surface area (Å²) in [6, 6.07) is 8.32. The van der Waals surface area contributed by atoms with E-state index in [0.717, 1.165) is 0 Å². The second kappa shape index (κ2) is 5.11. The van der Waals surface area contributed by atoms with Crippen LogP contribution in [0.2, 0.25) is 0 Å². The Morgan fingerprint density at radius 1 is 1.24 bits per heavy atom. The minimum Gasteiger partial charge on any atom is -0.336 e. The number of benzene rings is 1. The summed E-state index contributed by atoms with van der Waals surface area (Å²) in [5, 5.41) is 0. The first kappa shape index (κ1) is 11.8. The van der Waals surface area contributed by atoms with Crippen LogP contribution in [0.1, 0.15) is 0 Å². The number of nitrogens with one attached hydrogen (secondary N) is 1. The highest BCUT2D eigenvalue weighted by molar-refractivity contribution is 7.89. The molecule has 0 unspecified atom stereocenters. The van der Waals surface area contributed by atoms with Crippen LogP contribution >= 0.6 is 0 Å². The van der Waals surface area contributed by atoms with Crippen LogP contribution < -0.4 is 4.72 Å². The van der Waals surface area contributed by atoms with Gasteiger partial charge in [0.05, 0.1) is 11.2 Å². The van der Waals surface area contributed by atoms with Crippen molar-refractivity contribution in [1.29, 1.82) is 0 Å². The molecule has 1 aromatic heterocycles. The minimum atomic E-state index is -3.40. The molecule has 0 aliphatic carbocycles. The Labute approximate surface area is 100 Å². The lowest BCUT2D eigenvalue weighted by Crippen LogP contribution is -2.27. The minimum absolute atomic E-state index is 0.283. The number of rotatable bonds is 5. The topological polar surface area (TPSA) is 64.0 Å². The summed E-state index contributed by atoms with van der Waals surface area (Å²) in [4.78, 5) is 4.16. The van der Waals surface area contributed by atoms with Crippen molar-refractivity contribution in [3.8, 4) is 0 Å². The first-order valence-electron chi connectivity index (χ1n) is 5.19. The van der Waals surface area contributed by atoms with Gasteiger partial charge in [0.1, 0.15) is 0 Å². The van der Waals surface area contributed by atoms with Gasteiger partial charge in [0.2, 0.25) is 10.0 Å². The molecular weight excluding hydrogens is 238 g/mol. The molecule has 0 amide bonds. The van der Waals surface area contributed by atoms with Crippen molar-refractivity contribution in [2.24, 2.45) is 0 Å². The van der Waals surface area contributed by atoms with E-state index in [4.69, 9.17) is 0 Å². The van der Waals surface area contributed by atoms with Crippen molar-refractivity contribution < 1.29 is 8.42 Å². The molecule has 6 heteroatoms. The molecule has 0 spiro atoms. The molecule has 2 aromatic rings. The molecule has 2 rings (SSSR count). The first-order chi connectivity index (χ1) is 8.18. The number of nitrogens with zero attached hydrogens (tertiary/aromatic N) is 2. The highest BCUT2D eigenvalue weighted by atomic mass is 32.2. The predicted molar refractivity (Wildman–Crippen MR) is 63.9 cm³/mol. The Morgan fingerprint density at radius 3 is 2.65 bits per heavy atom. The maximum atomic E-state index is 11.8. The van der Waals surface area contributed by atoms with E-state index in [1.54, 1.807) is 49.1 Å². The standard InChI is InChI=1S/C11H13N3O2S/c15-17(16,11-4-2-1-3-5-11)13-7-9-14-8-6-12-10-14/h1-6,8,10,13H,7,9H2. The molecule has 5 nitrogen and oxygen atoms in total. The molecule has 1 N–H and O–H groups in total. The molecule has 1 aromatic carbocycles. The van der Waals surface area contributed by atoms with Gasteiger partial charge in [-0.25, -0.2) is 18.1 Å². The van der Waals surface area contributed by atoms with Crippen LogP contribution in [0, 0.1) is 0 Å². The van der Waals surface area contributed by atoms with Gasteiger partial charge in [-0.1, -0.05) is 18.2 Å². The molecule has 1 heterocycles. The lowest BCUT2D eigenvalue weighted by molar-refractivity contribution is 0.573. The van der Waals surface area contributed by atoms with Crippen LogP contribution in [0.15, 0.2) is 53.9 Å². The Hall–Kier alpha value is -1.66. The fourth-order valence-electron chi connectivity index (χ4n) is 1.41. The fraction of sp³-hybridized carbons (Fsp3) is 0.182. The average Bonchev–Trinajstić information content (AvgIpc) is 2.83. The van der Waals surface area contributed by atoms with Gasteiger partial charge < -0.3 is 4.57 Å². The monoisotopic (exact) mass is 251 g/mol. The Balaban J connectivity index is 1.95. The molecule has 0 aliphatic rings. The van der Waals surface area contributed by atoms with Crippen molar-refractivity contribution in [2.45, 2.75) is 11.4 Å². The van der Waals surface area contributed by atoms with E-state index in [-0.39, 0.29) is 4.90 Å². The third-order valence-corrected chi connectivity index (χ3v) is 3.75. The molecule has 0 saturated carbocycles. The van der Waals surface area contributed by atoms with Crippen LogP contribution in [0.25, 0.3) is 0 Å². The van der Waals surface area contributed by atoms with Crippen LogP contribution in [-0.2, 0) is 16.6 Å². The van der Waals surface area contributed by atoms with Crippen molar-refractivity contribution in [3.05, 3.63) is 49.1 Å². The van der Waals surface area contributed by atoms with E-state index >= 15 is 0 Å². The van der Waals surface area contributed by atoms with Crippen molar-refractivity contribution >= 4 is 10.0 Å². The maximum Gasteiger partial charge on any atom is 0.240 e. The molecule has 0 saturated heterocycles. The molecule has 0 fully saturated rings. The summed E-state index contributed by atoms with van der Waals surface area (Å²) in [6.45, 7) is 0.902. The Bertz CT molecular complexity index is 550. The lowest BCUT2D eigenvalue weighted by atomic mass is 10.4. The third-order valence-electron chi connectivity index (χ3n) is 2.27. The molecule has 0 radical (unpaired) electrons. The van der Waals surface area contributed by atoms with Gasteiger partial charge in [0, 0.05) is 25.5 Å². The number of hydrogen-bond acceptors (Lipinski definition) is 3. The second-order valence-corrected chi connectivity index (χ2v) is 5.28. The molecule has 0 bridgehead atoms. The normalized spacial score (nSPS) is 11.5. The zero-order chi connectivity index (χ0) is 12.1. The quantitative estimate of drug-likeness (QED) is 0.857. The van der Waals surface area contributed by atoms with E-state index in [9.17, 15) is 8.42 Å². The predicted octanol–water partition coefficient (Wildman–Crippen LogP) is 0.862. The number of imidazole rings is 1. The summed E-state index contributed by atoms with van der Waals surface area (Å²) in [5.74, 6) is 0. The first-order valence-corrected chi connectivity index (χ1v) is 6.67. The van der Waals surface area contributed by atoms with E-state index in [2.05, 4.69) is 9.71 Å². The van der Waals surface area contributed by atoms with Gasteiger partial charge in [0.25, 0.3) is 0 Å². The van der Waals surface area contributed by atoms with Crippen molar-refractivity contribution in [1.82, 2.24) is 14.3 Å². The summed E-state index contributed by atoms with van der Waals surface area (Å²) < 4.78 is 28.0. The molecule has 17 heavy (non-hydrogen) atoms.